The number of nitrogens with two attached hydrogens (primary N) is 1. The van der Waals surface area contributed by atoms with Crippen molar-refractivity contribution in [1.82, 2.24) is 4.31 Å². The summed E-state index contributed by atoms with van der Waals surface area (Å²) in [4.78, 5) is 10.8. The highest BCUT2D eigenvalue weighted by Crippen LogP contribution is 2.24. The molecule has 0 radical (unpaired) electrons. The first-order chi connectivity index (χ1) is 9.61. The van der Waals surface area contributed by atoms with Crippen LogP contribution in [0.15, 0.2) is 17.0 Å². The van der Waals surface area contributed by atoms with Crippen molar-refractivity contribution in [3.63, 3.8) is 0 Å². The number of methoxy groups -OCH3 is 1. The standard InChI is InChI=1S/C13H19FN2O4S/c1-8-5-10(15)6-11(12(8)14)21(18,19)16(3)7-9(2)13(17)20-4/h5-6,9H,7,15H2,1-4H3. The van der Waals surface area contributed by atoms with Crippen molar-refractivity contribution in [3.05, 3.63) is 23.5 Å². The third-order valence-corrected chi connectivity index (χ3v) is 4.89. The first kappa shape index (κ1) is 17.4. The number of hydrogen-bond donors (Lipinski definition) is 1. The van der Waals surface area contributed by atoms with Crippen LogP contribution in [-0.2, 0) is 19.6 Å². The highest BCUT2D eigenvalue weighted by atomic mass is 32.2. The summed E-state index contributed by atoms with van der Waals surface area (Å²) in [6.45, 7) is 2.84. The summed E-state index contributed by atoms with van der Waals surface area (Å²) in [6.07, 6.45) is 0. The van der Waals surface area contributed by atoms with Gasteiger partial charge in [0.1, 0.15) is 10.7 Å². The Hall–Kier alpha value is -1.67. The van der Waals surface area contributed by atoms with Crippen LogP contribution in [0.1, 0.15) is 12.5 Å². The Morgan fingerprint density at radius 1 is 1.48 bits per heavy atom. The predicted octanol–water partition coefficient (Wildman–Crippen LogP) is 1.15. The molecule has 0 heterocycles. The average Bonchev–Trinajstić information content (AvgIpc) is 2.41. The molecule has 0 fully saturated rings. The van der Waals surface area contributed by atoms with Gasteiger partial charge in [-0.1, -0.05) is 6.92 Å². The third-order valence-electron chi connectivity index (χ3n) is 3.07. The molecule has 2 N–H and O–H groups in total. The smallest absolute Gasteiger partial charge is 0.309 e. The van der Waals surface area contributed by atoms with E-state index in [2.05, 4.69) is 4.74 Å². The van der Waals surface area contributed by atoms with Crippen LogP contribution in [0.2, 0.25) is 0 Å². The van der Waals surface area contributed by atoms with Gasteiger partial charge < -0.3 is 10.5 Å². The lowest BCUT2D eigenvalue weighted by atomic mass is 10.2. The average molecular weight is 318 g/mol. The van der Waals surface area contributed by atoms with Crippen molar-refractivity contribution < 1.29 is 22.3 Å². The maximum Gasteiger partial charge on any atom is 0.309 e. The van der Waals surface area contributed by atoms with Crippen molar-refractivity contribution in [1.29, 1.82) is 0 Å². The minimum absolute atomic E-state index is 0.123. The van der Waals surface area contributed by atoms with E-state index in [4.69, 9.17) is 5.73 Å². The number of nitrogen functional groups attached to an aromatic ring is 1. The predicted molar refractivity (Wildman–Crippen MR) is 76.5 cm³/mol. The fourth-order valence-electron chi connectivity index (χ4n) is 1.88. The molecule has 1 unspecified atom stereocenters. The zero-order chi connectivity index (χ0) is 16.4. The molecule has 1 aromatic rings. The third kappa shape index (κ3) is 3.70. The number of carbonyl (C=O) groups excluding carboxylic acids is 1. The van der Waals surface area contributed by atoms with Crippen LogP contribution in [0.5, 0.6) is 0 Å². The van der Waals surface area contributed by atoms with E-state index < -0.39 is 32.6 Å². The van der Waals surface area contributed by atoms with Gasteiger partial charge in [-0.2, -0.15) is 4.31 Å². The van der Waals surface area contributed by atoms with Crippen LogP contribution in [0, 0.1) is 18.7 Å². The first-order valence-electron chi connectivity index (χ1n) is 6.21. The summed E-state index contributed by atoms with van der Waals surface area (Å²) in [6, 6.07) is 2.42. The Bertz CT molecular complexity index is 646. The molecule has 0 bridgehead atoms. The van der Waals surface area contributed by atoms with E-state index in [1.807, 2.05) is 0 Å². The van der Waals surface area contributed by atoms with E-state index in [0.717, 1.165) is 10.4 Å². The molecule has 0 saturated heterocycles. The van der Waals surface area contributed by atoms with E-state index in [1.54, 1.807) is 0 Å². The summed E-state index contributed by atoms with van der Waals surface area (Å²) in [5.41, 5.74) is 5.87. The van der Waals surface area contributed by atoms with Crippen molar-refractivity contribution >= 4 is 21.7 Å². The van der Waals surface area contributed by atoms with Gasteiger partial charge in [0.25, 0.3) is 0 Å². The van der Waals surface area contributed by atoms with E-state index in [-0.39, 0.29) is 17.8 Å². The number of hydrogen-bond acceptors (Lipinski definition) is 5. The Kier molecular flexibility index (Phi) is 5.30. The van der Waals surface area contributed by atoms with E-state index in [0.29, 0.717) is 0 Å². The highest BCUT2D eigenvalue weighted by Gasteiger charge is 2.28. The molecule has 1 atom stereocenters. The second-order valence-electron chi connectivity index (χ2n) is 4.86. The number of halogens is 1. The first-order valence-corrected chi connectivity index (χ1v) is 7.65. The van der Waals surface area contributed by atoms with Gasteiger partial charge in [0, 0.05) is 19.3 Å². The number of benzene rings is 1. The van der Waals surface area contributed by atoms with Gasteiger partial charge in [0.2, 0.25) is 10.0 Å². The Morgan fingerprint density at radius 2 is 2.05 bits per heavy atom. The summed E-state index contributed by atoms with van der Waals surface area (Å²) >= 11 is 0. The number of esters is 1. The SMILES string of the molecule is COC(=O)C(C)CN(C)S(=O)(=O)c1cc(N)cc(C)c1F. The fourth-order valence-corrected chi connectivity index (χ4v) is 3.31. The zero-order valence-corrected chi connectivity index (χ0v) is 13.2. The van der Waals surface area contributed by atoms with E-state index >= 15 is 0 Å². The lowest BCUT2D eigenvalue weighted by Crippen LogP contribution is -2.34. The molecular weight excluding hydrogens is 299 g/mol. The normalized spacial score (nSPS) is 13.2. The fraction of sp³-hybridized carbons (Fsp3) is 0.462. The Labute approximate surface area is 123 Å². The van der Waals surface area contributed by atoms with Crippen LogP contribution in [-0.4, -0.2) is 39.4 Å². The molecule has 0 aliphatic heterocycles. The maximum absolute atomic E-state index is 14.0. The molecule has 21 heavy (non-hydrogen) atoms. The number of rotatable bonds is 5. The van der Waals surface area contributed by atoms with E-state index in [9.17, 15) is 17.6 Å². The van der Waals surface area contributed by atoms with E-state index in [1.165, 1.54) is 34.1 Å². The van der Waals surface area contributed by atoms with Crippen molar-refractivity contribution in [3.8, 4) is 0 Å². The Morgan fingerprint density at radius 3 is 2.57 bits per heavy atom. The van der Waals surface area contributed by atoms with Crippen molar-refractivity contribution in [2.45, 2.75) is 18.7 Å². The van der Waals surface area contributed by atoms with Gasteiger partial charge in [-0.15, -0.1) is 0 Å². The summed E-state index contributed by atoms with van der Waals surface area (Å²) in [5.74, 6) is -2.05. The van der Waals surface area contributed by atoms with Crippen LogP contribution in [0.4, 0.5) is 10.1 Å². The summed E-state index contributed by atoms with van der Waals surface area (Å²) in [5, 5.41) is 0. The molecule has 0 aromatic heterocycles. The number of nitrogens with zero attached hydrogens (tertiary/aromatic N) is 1. The van der Waals surface area contributed by atoms with Crippen LogP contribution >= 0.6 is 0 Å². The molecule has 1 aromatic carbocycles. The number of aryl methyl sites for hydroxylation is 1. The molecule has 6 nitrogen and oxygen atoms in total. The minimum atomic E-state index is -4.08. The van der Waals surface area contributed by atoms with Crippen molar-refractivity contribution in [2.24, 2.45) is 5.92 Å². The minimum Gasteiger partial charge on any atom is -0.469 e. The number of anilines is 1. The highest BCUT2D eigenvalue weighted by molar-refractivity contribution is 7.89. The Balaban J connectivity index is 3.14. The van der Waals surface area contributed by atoms with Crippen molar-refractivity contribution in [2.75, 3.05) is 26.4 Å². The molecule has 0 aliphatic carbocycles. The lowest BCUT2D eigenvalue weighted by Gasteiger charge is -2.21. The molecule has 0 saturated carbocycles. The lowest BCUT2D eigenvalue weighted by molar-refractivity contribution is -0.144. The maximum atomic E-state index is 14.0. The summed E-state index contributed by atoms with van der Waals surface area (Å²) < 4.78 is 44.3. The van der Waals surface area contributed by atoms with Crippen LogP contribution < -0.4 is 5.73 Å². The van der Waals surface area contributed by atoms with Crippen LogP contribution in [0.25, 0.3) is 0 Å². The molecule has 118 valence electrons. The quantitative estimate of drug-likeness (QED) is 0.649. The van der Waals surface area contributed by atoms with Gasteiger partial charge in [-0.25, -0.2) is 12.8 Å². The summed E-state index contributed by atoms with van der Waals surface area (Å²) in [7, 11) is -1.59. The van der Waals surface area contributed by atoms with Gasteiger partial charge in [-0.3, -0.25) is 4.79 Å². The number of sulfonamides is 1. The number of carbonyl (C=O) groups is 1. The van der Waals surface area contributed by atoms with Crippen LogP contribution in [0.3, 0.4) is 0 Å². The number of ether oxygens (including phenoxy) is 1. The van der Waals surface area contributed by atoms with Gasteiger partial charge in [-0.05, 0) is 24.6 Å². The monoisotopic (exact) mass is 318 g/mol. The molecule has 0 amide bonds. The largest absolute Gasteiger partial charge is 0.469 e. The molecule has 1 rings (SSSR count). The molecule has 8 heteroatoms. The second kappa shape index (κ2) is 6.40. The molecule has 0 spiro atoms. The molecular formula is C13H19FN2O4S. The topological polar surface area (TPSA) is 89.7 Å². The second-order valence-corrected chi connectivity index (χ2v) is 6.87. The van der Waals surface area contributed by atoms with Gasteiger partial charge >= 0.3 is 5.97 Å². The van der Waals surface area contributed by atoms with Gasteiger partial charge in [0.05, 0.1) is 13.0 Å². The van der Waals surface area contributed by atoms with Gasteiger partial charge in [0.15, 0.2) is 0 Å². The zero-order valence-electron chi connectivity index (χ0n) is 12.4. The molecule has 0 aliphatic rings.